The fraction of sp³-hybridized carbons (Fsp3) is 0.400. The number of rotatable bonds is 4. The molecule has 18 heavy (non-hydrogen) atoms. The monoisotopic (exact) mass is 242 g/mol. The van der Waals surface area contributed by atoms with Crippen LogP contribution in [0.15, 0.2) is 42.6 Å². The molecule has 1 fully saturated rings. The largest absolute Gasteiger partial charge is 0.387 e. The van der Waals surface area contributed by atoms with Gasteiger partial charge in [0.15, 0.2) is 0 Å². The zero-order valence-electron chi connectivity index (χ0n) is 10.4. The van der Waals surface area contributed by atoms with E-state index in [1.807, 2.05) is 41.1 Å². The minimum Gasteiger partial charge on any atom is -0.387 e. The minimum absolute atomic E-state index is 0.405. The highest BCUT2D eigenvalue weighted by molar-refractivity contribution is 5.32. The van der Waals surface area contributed by atoms with Crippen molar-refractivity contribution < 1.29 is 5.11 Å². The SMILES string of the molecule is OC(CC1CCC1)c1ccnn1-c1ccccc1. The summed E-state index contributed by atoms with van der Waals surface area (Å²) in [6.07, 6.45) is 6.05. The highest BCUT2D eigenvalue weighted by Gasteiger charge is 2.23. The fourth-order valence-electron chi connectivity index (χ4n) is 2.52. The Bertz CT molecular complexity index is 502. The maximum atomic E-state index is 10.3. The van der Waals surface area contributed by atoms with E-state index in [4.69, 9.17) is 0 Å². The number of nitrogens with zero attached hydrogens (tertiary/aromatic N) is 2. The zero-order chi connectivity index (χ0) is 12.4. The molecular weight excluding hydrogens is 224 g/mol. The van der Waals surface area contributed by atoms with Crippen LogP contribution in [0, 0.1) is 5.92 Å². The smallest absolute Gasteiger partial charge is 0.0963 e. The Hall–Kier alpha value is -1.61. The average Bonchev–Trinajstić information content (AvgIpc) is 2.84. The molecule has 1 aliphatic rings. The molecule has 0 amide bonds. The standard InChI is InChI=1S/C15H18N2O/c18-15(11-12-5-4-6-12)14-9-10-16-17(14)13-7-2-1-3-8-13/h1-3,7-10,12,15,18H,4-6,11H2. The summed E-state index contributed by atoms with van der Waals surface area (Å²) in [4.78, 5) is 0. The van der Waals surface area contributed by atoms with Crippen LogP contribution in [0.2, 0.25) is 0 Å². The van der Waals surface area contributed by atoms with Gasteiger partial charge in [0.2, 0.25) is 0 Å². The molecule has 0 bridgehead atoms. The van der Waals surface area contributed by atoms with E-state index >= 15 is 0 Å². The Morgan fingerprint density at radius 3 is 2.67 bits per heavy atom. The molecule has 2 aromatic rings. The van der Waals surface area contributed by atoms with Crippen molar-refractivity contribution >= 4 is 0 Å². The van der Waals surface area contributed by atoms with E-state index in [1.54, 1.807) is 6.20 Å². The number of benzene rings is 1. The third-order valence-corrected chi connectivity index (χ3v) is 3.80. The zero-order valence-corrected chi connectivity index (χ0v) is 10.4. The maximum Gasteiger partial charge on any atom is 0.0963 e. The van der Waals surface area contributed by atoms with Gasteiger partial charge < -0.3 is 5.11 Å². The number of para-hydroxylation sites is 1. The van der Waals surface area contributed by atoms with Crippen LogP contribution in [-0.2, 0) is 0 Å². The van der Waals surface area contributed by atoms with Gasteiger partial charge in [-0.1, -0.05) is 37.5 Å². The number of aliphatic hydroxyl groups excluding tert-OH is 1. The predicted molar refractivity (Wildman–Crippen MR) is 70.5 cm³/mol. The third kappa shape index (κ3) is 2.18. The van der Waals surface area contributed by atoms with E-state index in [9.17, 15) is 5.11 Å². The lowest BCUT2D eigenvalue weighted by Gasteiger charge is -2.27. The fourth-order valence-corrected chi connectivity index (χ4v) is 2.52. The summed E-state index contributed by atoms with van der Waals surface area (Å²) in [7, 11) is 0. The Kier molecular flexibility index (Phi) is 3.15. The van der Waals surface area contributed by atoms with Crippen LogP contribution < -0.4 is 0 Å². The summed E-state index contributed by atoms with van der Waals surface area (Å²) in [6.45, 7) is 0. The highest BCUT2D eigenvalue weighted by atomic mass is 16.3. The van der Waals surface area contributed by atoms with Gasteiger partial charge in [0, 0.05) is 6.20 Å². The van der Waals surface area contributed by atoms with Crippen LogP contribution in [0.1, 0.15) is 37.5 Å². The first-order valence-corrected chi connectivity index (χ1v) is 6.62. The molecule has 1 aromatic heterocycles. The predicted octanol–water partition coefficient (Wildman–Crippen LogP) is 3.10. The normalized spacial score (nSPS) is 17.4. The Labute approximate surface area is 107 Å². The molecule has 3 heteroatoms. The van der Waals surface area contributed by atoms with Gasteiger partial charge in [-0.25, -0.2) is 4.68 Å². The molecule has 1 aromatic carbocycles. The molecule has 1 atom stereocenters. The summed E-state index contributed by atoms with van der Waals surface area (Å²) in [5.74, 6) is 0.694. The van der Waals surface area contributed by atoms with Crippen LogP contribution in [0.3, 0.4) is 0 Å². The first kappa shape index (κ1) is 11.5. The molecule has 1 saturated carbocycles. The number of hydrogen-bond donors (Lipinski definition) is 1. The van der Waals surface area contributed by atoms with Gasteiger partial charge in [0.25, 0.3) is 0 Å². The van der Waals surface area contributed by atoms with Crippen LogP contribution >= 0.6 is 0 Å². The second-order valence-corrected chi connectivity index (χ2v) is 5.05. The minimum atomic E-state index is -0.405. The van der Waals surface area contributed by atoms with Crippen LogP contribution in [0.5, 0.6) is 0 Å². The molecule has 1 aliphatic carbocycles. The first-order valence-electron chi connectivity index (χ1n) is 6.62. The summed E-state index contributed by atoms with van der Waals surface area (Å²) >= 11 is 0. The van der Waals surface area contributed by atoms with Crippen molar-refractivity contribution in [1.82, 2.24) is 9.78 Å². The van der Waals surface area contributed by atoms with Crippen molar-refractivity contribution in [2.24, 2.45) is 5.92 Å². The topological polar surface area (TPSA) is 38.1 Å². The van der Waals surface area contributed by atoms with Crippen LogP contribution in [0.4, 0.5) is 0 Å². The van der Waals surface area contributed by atoms with E-state index in [2.05, 4.69) is 5.10 Å². The van der Waals surface area contributed by atoms with Crippen molar-refractivity contribution in [2.75, 3.05) is 0 Å². The summed E-state index contributed by atoms with van der Waals surface area (Å²) < 4.78 is 1.84. The molecular formula is C15H18N2O. The lowest BCUT2D eigenvalue weighted by atomic mass is 9.81. The Morgan fingerprint density at radius 2 is 2.00 bits per heavy atom. The van der Waals surface area contributed by atoms with Gasteiger partial charge in [-0.15, -0.1) is 0 Å². The van der Waals surface area contributed by atoms with E-state index in [1.165, 1.54) is 19.3 Å². The number of aliphatic hydroxyl groups is 1. The average molecular weight is 242 g/mol. The lowest BCUT2D eigenvalue weighted by Crippen LogP contribution is -2.16. The van der Waals surface area contributed by atoms with Crippen molar-refractivity contribution in [2.45, 2.75) is 31.8 Å². The van der Waals surface area contributed by atoms with Gasteiger partial charge in [-0.3, -0.25) is 0 Å². The molecule has 3 nitrogen and oxygen atoms in total. The van der Waals surface area contributed by atoms with Gasteiger partial charge >= 0.3 is 0 Å². The molecule has 0 saturated heterocycles. The van der Waals surface area contributed by atoms with E-state index in [-0.39, 0.29) is 0 Å². The van der Waals surface area contributed by atoms with Gasteiger partial charge in [0.1, 0.15) is 0 Å². The summed E-state index contributed by atoms with van der Waals surface area (Å²) in [5.41, 5.74) is 1.90. The number of hydrogen-bond acceptors (Lipinski definition) is 2. The second kappa shape index (κ2) is 4.94. The highest BCUT2D eigenvalue weighted by Crippen LogP contribution is 2.34. The molecule has 1 unspecified atom stereocenters. The van der Waals surface area contributed by atoms with Crippen LogP contribution in [-0.4, -0.2) is 14.9 Å². The van der Waals surface area contributed by atoms with Crippen molar-refractivity contribution in [3.63, 3.8) is 0 Å². The molecule has 0 radical (unpaired) electrons. The van der Waals surface area contributed by atoms with Crippen molar-refractivity contribution in [1.29, 1.82) is 0 Å². The number of aromatic nitrogens is 2. The first-order chi connectivity index (χ1) is 8.84. The maximum absolute atomic E-state index is 10.3. The van der Waals surface area contributed by atoms with Crippen LogP contribution in [0.25, 0.3) is 5.69 Å². The van der Waals surface area contributed by atoms with E-state index in [0.29, 0.717) is 5.92 Å². The van der Waals surface area contributed by atoms with E-state index in [0.717, 1.165) is 17.8 Å². The molecule has 94 valence electrons. The lowest BCUT2D eigenvalue weighted by molar-refractivity contribution is 0.113. The third-order valence-electron chi connectivity index (χ3n) is 3.80. The molecule has 3 rings (SSSR count). The molecule has 1 N–H and O–H groups in total. The van der Waals surface area contributed by atoms with Gasteiger partial charge in [-0.2, -0.15) is 5.10 Å². The molecule has 1 heterocycles. The molecule has 0 spiro atoms. The van der Waals surface area contributed by atoms with Gasteiger partial charge in [-0.05, 0) is 30.5 Å². The van der Waals surface area contributed by atoms with Gasteiger partial charge in [0.05, 0.1) is 17.5 Å². The van der Waals surface area contributed by atoms with E-state index < -0.39 is 6.10 Å². The Balaban J connectivity index is 1.82. The molecule has 0 aliphatic heterocycles. The summed E-state index contributed by atoms with van der Waals surface area (Å²) in [6, 6.07) is 11.9. The second-order valence-electron chi connectivity index (χ2n) is 5.05. The Morgan fingerprint density at radius 1 is 1.22 bits per heavy atom. The van der Waals surface area contributed by atoms with Crippen molar-refractivity contribution in [3.8, 4) is 5.69 Å². The quantitative estimate of drug-likeness (QED) is 0.894. The summed E-state index contributed by atoms with van der Waals surface area (Å²) in [5, 5.41) is 14.6. The van der Waals surface area contributed by atoms with Crippen molar-refractivity contribution in [3.05, 3.63) is 48.3 Å².